The fraction of sp³-hybridized carbons (Fsp3) is 1.00. The van der Waals surface area contributed by atoms with Gasteiger partial charge in [0.2, 0.25) is 0 Å². The van der Waals surface area contributed by atoms with Crippen molar-refractivity contribution in [3.63, 3.8) is 0 Å². The van der Waals surface area contributed by atoms with Crippen LogP contribution in [0.3, 0.4) is 0 Å². The first kappa shape index (κ1) is 14.8. The van der Waals surface area contributed by atoms with Crippen molar-refractivity contribution >= 4 is 0 Å². The topological polar surface area (TPSA) is 71.0 Å². The van der Waals surface area contributed by atoms with Crippen molar-refractivity contribution in [1.29, 1.82) is 0 Å². The molecule has 5 heteroatoms. The van der Waals surface area contributed by atoms with E-state index >= 15 is 0 Å². The molecule has 3 N–H and O–H groups in total. The lowest BCUT2D eigenvalue weighted by Crippen LogP contribution is -2.47. The normalized spacial score (nSPS) is 14.2. The van der Waals surface area contributed by atoms with Crippen molar-refractivity contribution in [1.82, 2.24) is 5.32 Å². The molecule has 0 aliphatic rings. The fourth-order valence-electron chi connectivity index (χ4n) is 1.06. The standard InChI is InChI=1S/C10H23NO4/c1-10(2,3)11-9(15-7-5-13)8-14-6-4-12/h9,11-13H,4-8H2,1-3H3. The molecule has 0 fully saturated rings. The fourth-order valence-corrected chi connectivity index (χ4v) is 1.06. The molecular formula is C10H23NO4. The van der Waals surface area contributed by atoms with Gasteiger partial charge in [-0.05, 0) is 20.8 Å². The number of hydrogen-bond donors (Lipinski definition) is 3. The molecule has 0 spiro atoms. The van der Waals surface area contributed by atoms with Crippen molar-refractivity contribution in [2.24, 2.45) is 0 Å². The molecule has 0 aliphatic heterocycles. The SMILES string of the molecule is CC(C)(C)NC(COCCO)OCCO. The van der Waals surface area contributed by atoms with Crippen LogP contribution in [0.1, 0.15) is 20.8 Å². The summed E-state index contributed by atoms with van der Waals surface area (Å²) in [6.07, 6.45) is -0.260. The van der Waals surface area contributed by atoms with Gasteiger partial charge < -0.3 is 19.7 Å². The molecule has 0 amide bonds. The predicted molar refractivity (Wildman–Crippen MR) is 57.6 cm³/mol. The molecule has 0 rings (SSSR count). The number of nitrogens with one attached hydrogen (secondary N) is 1. The van der Waals surface area contributed by atoms with Gasteiger partial charge in [0.1, 0.15) is 6.23 Å². The number of aliphatic hydroxyl groups excluding tert-OH is 2. The molecule has 0 aromatic carbocycles. The zero-order valence-corrected chi connectivity index (χ0v) is 9.82. The van der Waals surface area contributed by atoms with Crippen molar-refractivity contribution in [2.75, 3.05) is 33.0 Å². The van der Waals surface area contributed by atoms with Crippen LogP contribution < -0.4 is 5.32 Å². The molecule has 15 heavy (non-hydrogen) atoms. The summed E-state index contributed by atoms with van der Waals surface area (Å²) in [7, 11) is 0. The molecule has 92 valence electrons. The first-order valence-corrected chi connectivity index (χ1v) is 5.18. The minimum atomic E-state index is -0.260. The zero-order valence-electron chi connectivity index (χ0n) is 9.82. The highest BCUT2D eigenvalue weighted by molar-refractivity contribution is 4.73. The van der Waals surface area contributed by atoms with E-state index in [1.54, 1.807) is 0 Å². The second kappa shape index (κ2) is 8.01. The summed E-state index contributed by atoms with van der Waals surface area (Å²) in [4.78, 5) is 0. The smallest absolute Gasteiger partial charge is 0.132 e. The molecule has 0 bridgehead atoms. The highest BCUT2D eigenvalue weighted by atomic mass is 16.5. The van der Waals surface area contributed by atoms with E-state index in [9.17, 15) is 0 Å². The number of hydrogen-bond acceptors (Lipinski definition) is 5. The zero-order chi connectivity index (χ0) is 11.7. The quantitative estimate of drug-likeness (QED) is 0.388. The van der Waals surface area contributed by atoms with E-state index in [0.717, 1.165) is 0 Å². The average Bonchev–Trinajstić information content (AvgIpc) is 2.12. The van der Waals surface area contributed by atoms with Crippen LogP contribution in [0.25, 0.3) is 0 Å². The maximum absolute atomic E-state index is 8.65. The van der Waals surface area contributed by atoms with E-state index in [-0.39, 0.29) is 31.6 Å². The third-order valence-electron chi connectivity index (χ3n) is 1.51. The van der Waals surface area contributed by atoms with Crippen LogP contribution >= 0.6 is 0 Å². The molecule has 1 atom stereocenters. The average molecular weight is 221 g/mol. The number of aliphatic hydroxyl groups is 2. The predicted octanol–water partition coefficient (Wildman–Crippen LogP) is -0.282. The van der Waals surface area contributed by atoms with Crippen LogP contribution in [0.4, 0.5) is 0 Å². The lowest BCUT2D eigenvalue weighted by Gasteiger charge is -2.28. The Kier molecular flexibility index (Phi) is 7.90. The highest BCUT2D eigenvalue weighted by Crippen LogP contribution is 2.02. The van der Waals surface area contributed by atoms with Gasteiger partial charge in [0, 0.05) is 5.54 Å². The Bertz CT molecular complexity index is 147. The summed E-state index contributed by atoms with van der Waals surface area (Å²) in [5, 5.41) is 20.4. The molecule has 0 aromatic heterocycles. The van der Waals surface area contributed by atoms with E-state index in [1.807, 2.05) is 20.8 Å². The first-order valence-electron chi connectivity index (χ1n) is 5.18. The van der Waals surface area contributed by atoms with Gasteiger partial charge in [-0.2, -0.15) is 0 Å². The Morgan fingerprint density at radius 2 is 1.73 bits per heavy atom. The number of ether oxygens (including phenoxy) is 2. The summed E-state index contributed by atoms with van der Waals surface area (Å²) < 4.78 is 10.5. The minimum absolute atomic E-state index is 0.00222. The van der Waals surface area contributed by atoms with Gasteiger partial charge in [-0.15, -0.1) is 0 Å². The van der Waals surface area contributed by atoms with Crippen LogP contribution in [0.2, 0.25) is 0 Å². The molecule has 0 aliphatic carbocycles. The van der Waals surface area contributed by atoms with Crippen molar-refractivity contribution < 1.29 is 19.7 Å². The highest BCUT2D eigenvalue weighted by Gasteiger charge is 2.17. The van der Waals surface area contributed by atoms with E-state index in [1.165, 1.54) is 0 Å². The summed E-state index contributed by atoms with van der Waals surface area (Å²) in [5.74, 6) is 0. The van der Waals surface area contributed by atoms with Crippen LogP contribution in [-0.2, 0) is 9.47 Å². The molecule has 0 saturated heterocycles. The summed E-state index contributed by atoms with van der Waals surface area (Å²) in [6, 6.07) is 0. The van der Waals surface area contributed by atoms with Crippen molar-refractivity contribution in [3.05, 3.63) is 0 Å². The third-order valence-corrected chi connectivity index (χ3v) is 1.51. The van der Waals surface area contributed by atoms with Crippen LogP contribution in [0.5, 0.6) is 0 Å². The van der Waals surface area contributed by atoms with Crippen LogP contribution in [0.15, 0.2) is 0 Å². The largest absolute Gasteiger partial charge is 0.394 e. The molecule has 0 saturated carbocycles. The van der Waals surface area contributed by atoms with Crippen molar-refractivity contribution in [2.45, 2.75) is 32.5 Å². The van der Waals surface area contributed by atoms with Gasteiger partial charge >= 0.3 is 0 Å². The van der Waals surface area contributed by atoms with Gasteiger partial charge in [0.05, 0.1) is 33.0 Å². The molecule has 1 unspecified atom stereocenters. The van der Waals surface area contributed by atoms with Crippen LogP contribution in [0, 0.1) is 0 Å². The lowest BCUT2D eigenvalue weighted by atomic mass is 10.1. The van der Waals surface area contributed by atoms with Crippen LogP contribution in [-0.4, -0.2) is 55.0 Å². The number of rotatable bonds is 8. The Hall–Kier alpha value is -0.200. The summed E-state index contributed by atoms with van der Waals surface area (Å²) >= 11 is 0. The van der Waals surface area contributed by atoms with Gasteiger partial charge in [-0.1, -0.05) is 0 Å². The maximum Gasteiger partial charge on any atom is 0.132 e. The van der Waals surface area contributed by atoms with E-state index in [0.29, 0.717) is 13.2 Å². The Balaban J connectivity index is 3.84. The molecule has 0 aromatic rings. The van der Waals surface area contributed by atoms with Gasteiger partial charge in [0.25, 0.3) is 0 Å². The Morgan fingerprint density at radius 1 is 1.13 bits per heavy atom. The molecular weight excluding hydrogens is 198 g/mol. The van der Waals surface area contributed by atoms with E-state index in [2.05, 4.69) is 5.32 Å². The molecule has 0 heterocycles. The molecule has 0 radical (unpaired) electrons. The molecule has 5 nitrogen and oxygen atoms in total. The first-order chi connectivity index (χ1) is 6.99. The van der Waals surface area contributed by atoms with Gasteiger partial charge in [0.15, 0.2) is 0 Å². The monoisotopic (exact) mass is 221 g/mol. The Morgan fingerprint density at radius 3 is 2.20 bits per heavy atom. The minimum Gasteiger partial charge on any atom is -0.394 e. The lowest BCUT2D eigenvalue weighted by molar-refractivity contribution is -0.0586. The second-order valence-corrected chi connectivity index (χ2v) is 4.28. The van der Waals surface area contributed by atoms with E-state index in [4.69, 9.17) is 19.7 Å². The maximum atomic E-state index is 8.65. The van der Waals surface area contributed by atoms with E-state index < -0.39 is 0 Å². The second-order valence-electron chi connectivity index (χ2n) is 4.28. The summed E-state index contributed by atoms with van der Waals surface area (Å²) in [5.41, 5.74) is -0.0807. The van der Waals surface area contributed by atoms with Gasteiger partial charge in [-0.25, -0.2) is 0 Å². The Labute approximate surface area is 91.4 Å². The third kappa shape index (κ3) is 10.1. The summed E-state index contributed by atoms with van der Waals surface area (Å²) in [6.45, 7) is 6.99. The van der Waals surface area contributed by atoms with Gasteiger partial charge in [-0.3, -0.25) is 5.32 Å². The van der Waals surface area contributed by atoms with Crippen molar-refractivity contribution in [3.8, 4) is 0 Å².